The summed E-state index contributed by atoms with van der Waals surface area (Å²) in [5.74, 6) is 1.28. The summed E-state index contributed by atoms with van der Waals surface area (Å²) in [5, 5.41) is 10.7. The van der Waals surface area contributed by atoms with Crippen LogP contribution in [0, 0.1) is 17.3 Å². The molecule has 0 aromatic carbocycles. The molecule has 0 aromatic rings. The first kappa shape index (κ1) is 15.0. The summed E-state index contributed by atoms with van der Waals surface area (Å²) in [5.41, 5.74) is 0.0889. The largest absolute Gasteiger partial charge is 0.390 e. The molecule has 0 spiro atoms. The normalized spacial score (nSPS) is 32.5. The van der Waals surface area contributed by atoms with Crippen molar-refractivity contribution in [2.45, 2.75) is 85.2 Å². The highest BCUT2D eigenvalue weighted by Gasteiger charge is 2.40. The summed E-state index contributed by atoms with van der Waals surface area (Å²) < 4.78 is 0. The van der Waals surface area contributed by atoms with Crippen molar-refractivity contribution in [3.8, 4) is 0 Å². The van der Waals surface area contributed by atoms with Crippen LogP contribution >= 0.6 is 0 Å². The molecule has 102 valence electrons. The van der Waals surface area contributed by atoms with Gasteiger partial charge in [-0.25, -0.2) is 0 Å². The van der Waals surface area contributed by atoms with Crippen LogP contribution in [-0.2, 0) is 0 Å². The van der Waals surface area contributed by atoms with Crippen LogP contribution in [0.15, 0.2) is 0 Å². The van der Waals surface area contributed by atoms with Crippen molar-refractivity contribution in [3.05, 3.63) is 0 Å². The highest BCUT2D eigenvalue weighted by molar-refractivity contribution is 4.92. The van der Waals surface area contributed by atoms with Crippen molar-refractivity contribution in [2.24, 2.45) is 17.3 Å². The van der Waals surface area contributed by atoms with Gasteiger partial charge in [0, 0.05) is 0 Å². The monoisotopic (exact) mass is 240 g/mol. The minimum Gasteiger partial charge on any atom is -0.390 e. The average Bonchev–Trinajstić information content (AvgIpc) is 2.30. The van der Waals surface area contributed by atoms with E-state index in [-0.39, 0.29) is 5.60 Å². The number of hydrogen-bond donors (Lipinski definition) is 1. The van der Waals surface area contributed by atoms with Crippen molar-refractivity contribution in [1.29, 1.82) is 0 Å². The van der Waals surface area contributed by atoms with E-state index in [2.05, 4.69) is 34.6 Å². The van der Waals surface area contributed by atoms with Gasteiger partial charge < -0.3 is 5.11 Å². The Morgan fingerprint density at radius 3 is 2.18 bits per heavy atom. The number of rotatable bonds is 5. The van der Waals surface area contributed by atoms with Gasteiger partial charge in [-0.2, -0.15) is 0 Å². The van der Waals surface area contributed by atoms with E-state index in [0.717, 1.165) is 18.8 Å². The Hall–Kier alpha value is -0.0400. The van der Waals surface area contributed by atoms with Gasteiger partial charge in [0.1, 0.15) is 0 Å². The molecule has 0 bridgehead atoms. The van der Waals surface area contributed by atoms with E-state index in [9.17, 15) is 5.11 Å². The fourth-order valence-electron chi connectivity index (χ4n) is 3.38. The molecular formula is C16H32O. The second kappa shape index (κ2) is 5.73. The Kier molecular flexibility index (Phi) is 5.07. The summed E-state index contributed by atoms with van der Waals surface area (Å²) in [6.07, 6.45) is 8.06. The first-order valence-corrected chi connectivity index (χ1v) is 7.58. The predicted octanol–water partition coefficient (Wildman–Crippen LogP) is 4.78. The number of aliphatic hydroxyl groups is 1. The lowest BCUT2D eigenvalue weighted by Crippen LogP contribution is -2.42. The van der Waals surface area contributed by atoms with Gasteiger partial charge in [0.05, 0.1) is 5.60 Å². The van der Waals surface area contributed by atoms with Gasteiger partial charge in [-0.05, 0) is 49.4 Å². The number of hydrogen-bond acceptors (Lipinski definition) is 1. The molecule has 1 aliphatic rings. The molecule has 0 aliphatic heterocycles. The molecule has 0 amide bonds. The first-order chi connectivity index (χ1) is 7.85. The van der Waals surface area contributed by atoms with Crippen LogP contribution < -0.4 is 0 Å². The lowest BCUT2D eigenvalue weighted by molar-refractivity contribution is -0.0689. The van der Waals surface area contributed by atoms with Crippen LogP contribution in [0.2, 0.25) is 0 Å². The molecule has 1 aliphatic carbocycles. The molecule has 1 heteroatoms. The lowest BCUT2D eigenvalue weighted by atomic mass is 9.64. The van der Waals surface area contributed by atoms with Crippen LogP contribution in [0.25, 0.3) is 0 Å². The fraction of sp³-hybridized carbons (Fsp3) is 1.00. The summed E-state index contributed by atoms with van der Waals surface area (Å²) in [6.45, 7) is 11.5. The van der Waals surface area contributed by atoms with E-state index in [4.69, 9.17) is 0 Å². The van der Waals surface area contributed by atoms with Crippen molar-refractivity contribution in [2.75, 3.05) is 0 Å². The molecule has 1 unspecified atom stereocenters. The van der Waals surface area contributed by atoms with E-state index >= 15 is 0 Å². The van der Waals surface area contributed by atoms with Crippen LogP contribution in [0.4, 0.5) is 0 Å². The zero-order valence-electron chi connectivity index (χ0n) is 12.6. The maximum absolute atomic E-state index is 10.7. The summed E-state index contributed by atoms with van der Waals surface area (Å²) in [6, 6.07) is 0. The quantitative estimate of drug-likeness (QED) is 0.733. The first-order valence-electron chi connectivity index (χ1n) is 7.58. The fourth-order valence-corrected chi connectivity index (χ4v) is 3.38. The Labute approximate surface area is 108 Å². The summed E-state index contributed by atoms with van der Waals surface area (Å²) >= 11 is 0. The molecule has 0 heterocycles. The minimum absolute atomic E-state index is 0.365. The third-order valence-corrected chi connectivity index (χ3v) is 5.51. The summed E-state index contributed by atoms with van der Waals surface area (Å²) in [7, 11) is 0. The smallest absolute Gasteiger partial charge is 0.0673 e. The van der Waals surface area contributed by atoms with Gasteiger partial charge in [0.15, 0.2) is 0 Å². The average molecular weight is 240 g/mol. The predicted molar refractivity (Wildman–Crippen MR) is 75.1 cm³/mol. The van der Waals surface area contributed by atoms with Gasteiger partial charge in [-0.15, -0.1) is 0 Å². The Bertz CT molecular complexity index is 224. The molecule has 1 rings (SSSR count). The van der Waals surface area contributed by atoms with E-state index in [0.29, 0.717) is 11.3 Å². The maximum Gasteiger partial charge on any atom is 0.0673 e. The van der Waals surface area contributed by atoms with E-state index in [1.165, 1.54) is 32.1 Å². The molecule has 1 saturated carbocycles. The second-order valence-corrected chi connectivity index (χ2v) is 6.91. The van der Waals surface area contributed by atoms with Gasteiger partial charge in [-0.1, -0.05) is 47.5 Å². The zero-order valence-corrected chi connectivity index (χ0v) is 12.6. The highest BCUT2D eigenvalue weighted by atomic mass is 16.3. The maximum atomic E-state index is 10.7. The van der Waals surface area contributed by atoms with Crippen molar-refractivity contribution in [1.82, 2.24) is 0 Å². The van der Waals surface area contributed by atoms with E-state index < -0.39 is 0 Å². The van der Waals surface area contributed by atoms with Crippen molar-refractivity contribution in [3.63, 3.8) is 0 Å². The topological polar surface area (TPSA) is 20.2 Å². The third kappa shape index (κ3) is 3.47. The summed E-state index contributed by atoms with van der Waals surface area (Å²) in [4.78, 5) is 0. The Morgan fingerprint density at radius 1 is 1.24 bits per heavy atom. The zero-order chi connectivity index (χ0) is 13.1. The Morgan fingerprint density at radius 2 is 1.76 bits per heavy atom. The minimum atomic E-state index is -0.365. The Balaban J connectivity index is 2.55. The lowest BCUT2D eigenvalue weighted by Gasteiger charge is -2.45. The second-order valence-electron chi connectivity index (χ2n) is 6.91. The molecule has 1 fully saturated rings. The SMILES string of the molecule is CCCC(C)C1(O)CCC(C(C)(C)CC)CC1. The van der Waals surface area contributed by atoms with Gasteiger partial charge in [-0.3, -0.25) is 0 Å². The van der Waals surface area contributed by atoms with Crippen LogP contribution in [0.5, 0.6) is 0 Å². The molecule has 0 aromatic heterocycles. The standard InChI is InChI=1S/C16H32O/c1-6-8-13(3)16(17)11-9-14(10-12-16)15(4,5)7-2/h13-14,17H,6-12H2,1-5H3. The van der Waals surface area contributed by atoms with Crippen molar-refractivity contribution >= 4 is 0 Å². The molecule has 1 nitrogen and oxygen atoms in total. The third-order valence-electron chi connectivity index (χ3n) is 5.51. The van der Waals surface area contributed by atoms with Gasteiger partial charge in [0.25, 0.3) is 0 Å². The molecular weight excluding hydrogens is 208 g/mol. The molecule has 17 heavy (non-hydrogen) atoms. The van der Waals surface area contributed by atoms with Gasteiger partial charge in [0.2, 0.25) is 0 Å². The van der Waals surface area contributed by atoms with Crippen LogP contribution in [0.1, 0.15) is 79.6 Å². The highest BCUT2D eigenvalue weighted by Crippen LogP contribution is 2.46. The van der Waals surface area contributed by atoms with Crippen LogP contribution in [-0.4, -0.2) is 10.7 Å². The molecule has 0 saturated heterocycles. The van der Waals surface area contributed by atoms with E-state index in [1.807, 2.05) is 0 Å². The van der Waals surface area contributed by atoms with E-state index in [1.54, 1.807) is 0 Å². The van der Waals surface area contributed by atoms with Gasteiger partial charge >= 0.3 is 0 Å². The molecule has 1 N–H and O–H groups in total. The van der Waals surface area contributed by atoms with Crippen molar-refractivity contribution < 1.29 is 5.11 Å². The molecule has 0 radical (unpaired) electrons. The molecule has 1 atom stereocenters. The van der Waals surface area contributed by atoms with Crippen LogP contribution in [0.3, 0.4) is 0 Å².